The van der Waals surface area contributed by atoms with Crippen LogP contribution in [-0.4, -0.2) is 28.7 Å². The normalized spacial score (nSPS) is 10.9. The molecular weight excluding hydrogens is 472 g/mol. The molecule has 0 saturated carbocycles. The maximum Gasteiger partial charge on any atom is 0.345 e. The molecule has 5 aromatic rings. The van der Waals surface area contributed by atoms with Crippen LogP contribution in [0.1, 0.15) is 15.2 Å². The first-order chi connectivity index (χ1) is 17.5. The molecule has 0 aliphatic carbocycles. The van der Waals surface area contributed by atoms with Crippen molar-refractivity contribution in [1.29, 1.82) is 0 Å². The largest absolute Gasteiger partial charge is 0.497 e. The number of carboxylic acids is 1. The number of aromatic nitrogens is 1. The summed E-state index contributed by atoms with van der Waals surface area (Å²) in [5, 5.41) is 12.7. The molecule has 0 unspecified atom stereocenters. The third kappa shape index (κ3) is 4.61. The Balaban J connectivity index is 1.65. The fourth-order valence-corrected chi connectivity index (χ4v) is 5.38. The Hall–Kier alpha value is -4.36. The minimum absolute atomic E-state index is 0.0489. The molecule has 0 spiro atoms. The molecule has 0 aliphatic rings. The molecule has 0 saturated heterocycles. The summed E-state index contributed by atoms with van der Waals surface area (Å²) in [5.41, 5.74) is 5.35. The molecule has 6 nitrogen and oxygen atoms in total. The zero-order valence-corrected chi connectivity index (χ0v) is 20.4. The molecule has 7 heteroatoms. The number of thiophene rings is 1. The second-order valence-electron chi connectivity index (χ2n) is 8.30. The van der Waals surface area contributed by atoms with Crippen molar-refractivity contribution in [3.63, 3.8) is 0 Å². The van der Waals surface area contributed by atoms with E-state index in [4.69, 9.17) is 4.74 Å². The maximum absolute atomic E-state index is 13.1. The van der Waals surface area contributed by atoms with Crippen molar-refractivity contribution < 1.29 is 19.4 Å². The van der Waals surface area contributed by atoms with Crippen LogP contribution in [0, 0.1) is 0 Å². The third-order valence-electron chi connectivity index (χ3n) is 6.01. The van der Waals surface area contributed by atoms with Gasteiger partial charge in [-0.1, -0.05) is 60.7 Å². The van der Waals surface area contributed by atoms with Gasteiger partial charge in [-0.05, 0) is 47.0 Å². The first-order valence-corrected chi connectivity index (χ1v) is 12.3. The Bertz CT molecular complexity index is 1520. The second-order valence-corrected chi connectivity index (χ2v) is 9.35. The summed E-state index contributed by atoms with van der Waals surface area (Å²) >= 11 is 1.22. The number of carbonyl (C=O) groups is 2. The lowest BCUT2D eigenvalue weighted by Crippen LogP contribution is -2.27. The number of rotatable bonds is 8. The Kier molecular flexibility index (Phi) is 6.56. The molecule has 3 aromatic carbocycles. The summed E-state index contributed by atoms with van der Waals surface area (Å²) in [4.78, 5) is 25.2. The van der Waals surface area contributed by atoms with Crippen molar-refractivity contribution in [1.82, 2.24) is 9.88 Å². The van der Waals surface area contributed by atoms with Gasteiger partial charge in [0, 0.05) is 12.1 Å². The van der Waals surface area contributed by atoms with Gasteiger partial charge < -0.3 is 19.7 Å². The summed E-state index contributed by atoms with van der Waals surface area (Å²) in [5.74, 6) is -0.414. The molecule has 0 radical (unpaired) electrons. The van der Waals surface area contributed by atoms with E-state index < -0.39 is 5.97 Å². The van der Waals surface area contributed by atoms with Crippen LogP contribution in [0.4, 0.5) is 0 Å². The number of methoxy groups -OCH3 is 1. The predicted molar refractivity (Wildman–Crippen MR) is 142 cm³/mol. The Morgan fingerprint density at radius 1 is 0.917 bits per heavy atom. The van der Waals surface area contributed by atoms with E-state index in [1.54, 1.807) is 13.2 Å². The minimum atomic E-state index is -0.985. The number of benzene rings is 3. The van der Waals surface area contributed by atoms with Crippen LogP contribution in [-0.2, 0) is 17.9 Å². The molecule has 0 aliphatic heterocycles. The highest BCUT2D eigenvalue weighted by molar-refractivity contribution is 7.21. The van der Waals surface area contributed by atoms with E-state index in [0.717, 1.165) is 43.9 Å². The summed E-state index contributed by atoms with van der Waals surface area (Å²) in [7, 11) is 1.62. The molecule has 180 valence electrons. The molecule has 0 atom stereocenters. The van der Waals surface area contributed by atoms with Crippen molar-refractivity contribution in [3.05, 3.63) is 101 Å². The fourth-order valence-electron chi connectivity index (χ4n) is 4.31. The molecule has 1 amide bonds. The van der Waals surface area contributed by atoms with Crippen molar-refractivity contribution in [2.45, 2.75) is 13.1 Å². The van der Waals surface area contributed by atoms with E-state index >= 15 is 0 Å². The first kappa shape index (κ1) is 23.4. The van der Waals surface area contributed by atoms with Crippen LogP contribution < -0.4 is 10.1 Å². The van der Waals surface area contributed by atoms with E-state index in [1.165, 1.54) is 11.3 Å². The lowest BCUT2D eigenvalue weighted by atomic mass is 10.0. The minimum Gasteiger partial charge on any atom is -0.497 e. The molecule has 36 heavy (non-hydrogen) atoms. The van der Waals surface area contributed by atoms with Gasteiger partial charge >= 0.3 is 5.97 Å². The summed E-state index contributed by atoms with van der Waals surface area (Å²) in [6, 6.07) is 28.9. The Morgan fingerprint density at radius 3 is 2.22 bits per heavy atom. The predicted octanol–water partition coefficient (Wildman–Crippen LogP) is 6.06. The number of carbonyl (C=O) groups excluding carboxylic acids is 1. The summed E-state index contributed by atoms with van der Waals surface area (Å²) < 4.78 is 8.09. The van der Waals surface area contributed by atoms with Gasteiger partial charge in [0.15, 0.2) is 0 Å². The quantitative estimate of drug-likeness (QED) is 0.274. The van der Waals surface area contributed by atoms with Gasteiger partial charge in [-0.25, -0.2) is 4.79 Å². The van der Waals surface area contributed by atoms with Crippen LogP contribution in [0.5, 0.6) is 5.75 Å². The smallest absolute Gasteiger partial charge is 0.345 e. The average molecular weight is 497 g/mol. The zero-order chi connectivity index (χ0) is 25.1. The highest BCUT2D eigenvalue weighted by Crippen LogP contribution is 2.44. The zero-order valence-electron chi connectivity index (χ0n) is 19.6. The van der Waals surface area contributed by atoms with Crippen LogP contribution in [0.2, 0.25) is 0 Å². The number of aromatic carboxylic acids is 1. The Labute approximate surface area is 212 Å². The van der Waals surface area contributed by atoms with E-state index in [-0.39, 0.29) is 17.3 Å². The van der Waals surface area contributed by atoms with Crippen molar-refractivity contribution in [2.24, 2.45) is 0 Å². The topological polar surface area (TPSA) is 80.6 Å². The van der Waals surface area contributed by atoms with Gasteiger partial charge in [-0.15, -0.1) is 11.3 Å². The van der Waals surface area contributed by atoms with Crippen molar-refractivity contribution in [2.75, 3.05) is 7.11 Å². The standard InChI is InChI=1S/C29H24N2O4S/c1-35-22-14-12-21(13-15-22)27-26(20-10-6-3-7-11-20)28-23(16-24(36-28)29(33)34)31(27)18-25(32)30-17-19-8-4-2-5-9-19/h2-16H,17-18H2,1H3,(H,30,32)(H,33,34). The molecule has 2 N–H and O–H groups in total. The second kappa shape index (κ2) is 10.1. The highest BCUT2D eigenvalue weighted by atomic mass is 32.1. The number of fused-ring (bicyclic) bond motifs is 1. The number of nitrogens with one attached hydrogen (secondary N) is 1. The van der Waals surface area contributed by atoms with Crippen LogP contribution >= 0.6 is 11.3 Å². The van der Waals surface area contributed by atoms with Crippen molar-refractivity contribution in [3.8, 4) is 28.1 Å². The average Bonchev–Trinajstić information content (AvgIpc) is 3.47. The monoisotopic (exact) mass is 496 g/mol. The molecular formula is C29H24N2O4S. The molecule has 0 fully saturated rings. The number of hydrogen-bond donors (Lipinski definition) is 2. The van der Waals surface area contributed by atoms with Gasteiger partial charge in [0.1, 0.15) is 17.2 Å². The summed E-state index contributed by atoms with van der Waals surface area (Å²) in [6.45, 7) is 0.463. The van der Waals surface area contributed by atoms with E-state index in [1.807, 2.05) is 89.5 Å². The molecule has 2 aromatic heterocycles. The third-order valence-corrected chi connectivity index (χ3v) is 7.14. The van der Waals surface area contributed by atoms with E-state index in [9.17, 15) is 14.7 Å². The number of hydrogen-bond acceptors (Lipinski definition) is 4. The van der Waals surface area contributed by atoms with Crippen molar-refractivity contribution >= 4 is 33.4 Å². The molecule has 2 heterocycles. The Morgan fingerprint density at radius 2 is 1.58 bits per heavy atom. The summed E-state index contributed by atoms with van der Waals surface area (Å²) in [6.07, 6.45) is 0. The van der Waals surface area contributed by atoms with Crippen LogP contribution in [0.25, 0.3) is 32.6 Å². The van der Waals surface area contributed by atoms with Crippen LogP contribution in [0.3, 0.4) is 0 Å². The van der Waals surface area contributed by atoms with E-state index in [2.05, 4.69) is 5.32 Å². The van der Waals surface area contributed by atoms with Crippen LogP contribution in [0.15, 0.2) is 91.0 Å². The number of nitrogens with zero attached hydrogens (tertiary/aromatic N) is 1. The highest BCUT2D eigenvalue weighted by Gasteiger charge is 2.25. The number of carboxylic acid groups (broad SMARTS) is 1. The fraction of sp³-hybridized carbons (Fsp3) is 0.103. The maximum atomic E-state index is 13.1. The first-order valence-electron chi connectivity index (χ1n) is 11.4. The molecule has 5 rings (SSSR count). The lowest BCUT2D eigenvalue weighted by molar-refractivity contribution is -0.121. The van der Waals surface area contributed by atoms with Gasteiger partial charge in [-0.2, -0.15) is 0 Å². The van der Waals surface area contributed by atoms with Gasteiger partial charge in [0.2, 0.25) is 5.91 Å². The van der Waals surface area contributed by atoms with Gasteiger partial charge in [0.25, 0.3) is 0 Å². The lowest BCUT2D eigenvalue weighted by Gasteiger charge is -2.14. The number of ether oxygens (including phenoxy) is 1. The van der Waals surface area contributed by atoms with E-state index in [0.29, 0.717) is 6.54 Å². The van der Waals surface area contributed by atoms with Gasteiger partial charge in [0.05, 0.1) is 23.0 Å². The number of amides is 1. The van der Waals surface area contributed by atoms with Gasteiger partial charge in [-0.3, -0.25) is 4.79 Å². The SMILES string of the molecule is COc1ccc(-c2c(-c3ccccc3)c3sc(C(=O)O)cc3n2CC(=O)NCc2ccccc2)cc1. The molecule has 0 bridgehead atoms.